The van der Waals surface area contributed by atoms with Crippen molar-refractivity contribution in [2.45, 2.75) is 19.3 Å². The van der Waals surface area contributed by atoms with Crippen LogP contribution >= 0.6 is 0 Å². The predicted molar refractivity (Wildman–Crippen MR) is 90.5 cm³/mol. The minimum atomic E-state index is -0.450. The number of anilines is 2. The van der Waals surface area contributed by atoms with Crippen LogP contribution in [0.3, 0.4) is 0 Å². The van der Waals surface area contributed by atoms with Gasteiger partial charge < -0.3 is 14.1 Å². The number of nitrogens with zero attached hydrogens (tertiary/aromatic N) is 3. The zero-order chi connectivity index (χ0) is 17.4. The lowest BCUT2D eigenvalue weighted by molar-refractivity contribution is -0.120. The molecule has 8 nitrogen and oxygen atoms in total. The zero-order valence-corrected chi connectivity index (χ0v) is 13.6. The number of hydrogen-bond donors (Lipinski definition) is 1. The van der Waals surface area contributed by atoms with E-state index in [4.69, 9.17) is 4.42 Å². The number of amides is 3. The lowest BCUT2D eigenvalue weighted by Gasteiger charge is -2.32. The van der Waals surface area contributed by atoms with Crippen LogP contribution < -0.4 is 15.1 Å². The summed E-state index contributed by atoms with van der Waals surface area (Å²) in [5, 5.41) is 2.32. The van der Waals surface area contributed by atoms with Gasteiger partial charge in [0.15, 0.2) is 12.0 Å². The van der Waals surface area contributed by atoms with Gasteiger partial charge in [0.1, 0.15) is 11.8 Å². The number of carbonyl (C=O) groups excluding carboxylic acids is 3. The number of hydrogen-bond acceptors (Lipinski definition) is 6. The molecule has 2 aromatic rings. The zero-order valence-electron chi connectivity index (χ0n) is 13.6. The molecule has 2 aliphatic heterocycles. The molecule has 8 heteroatoms. The first-order valence-corrected chi connectivity index (χ1v) is 8.35. The number of imide groups is 1. The van der Waals surface area contributed by atoms with E-state index in [0.717, 1.165) is 37.9 Å². The molecule has 1 aromatic carbocycles. The Morgan fingerprint density at radius 1 is 1.16 bits per heavy atom. The highest BCUT2D eigenvalue weighted by Gasteiger charge is 2.28. The first kappa shape index (κ1) is 15.6. The predicted octanol–water partition coefficient (Wildman–Crippen LogP) is 1.69. The Morgan fingerprint density at radius 2 is 1.92 bits per heavy atom. The van der Waals surface area contributed by atoms with Gasteiger partial charge in [-0.15, -0.1) is 0 Å². The summed E-state index contributed by atoms with van der Waals surface area (Å²) in [5.74, 6) is -0.150. The van der Waals surface area contributed by atoms with Crippen LogP contribution in [0.15, 0.2) is 22.9 Å². The van der Waals surface area contributed by atoms with Gasteiger partial charge in [-0.25, -0.2) is 9.78 Å². The molecule has 0 unspecified atom stereocenters. The smallest absolute Gasteiger partial charge is 0.328 e. The highest BCUT2D eigenvalue weighted by Crippen LogP contribution is 2.35. The molecule has 0 saturated carbocycles. The molecule has 3 amide bonds. The van der Waals surface area contributed by atoms with Crippen molar-refractivity contribution < 1.29 is 18.8 Å². The molecule has 130 valence electrons. The fourth-order valence-electron chi connectivity index (χ4n) is 3.46. The third-order valence-corrected chi connectivity index (χ3v) is 4.86. The van der Waals surface area contributed by atoms with Gasteiger partial charge >= 0.3 is 6.03 Å². The van der Waals surface area contributed by atoms with Gasteiger partial charge in [-0.05, 0) is 25.0 Å². The molecule has 2 fully saturated rings. The van der Waals surface area contributed by atoms with E-state index in [1.807, 2.05) is 12.1 Å². The maximum Gasteiger partial charge on any atom is 0.328 e. The van der Waals surface area contributed by atoms with E-state index in [0.29, 0.717) is 23.3 Å². The molecule has 2 aliphatic rings. The Bertz CT molecular complexity index is 838. The average molecular weight is 342 g/mol. The first-order chi connectivity index (χ1) is 12.2. The van der Waals surface area contributed by atoms with Crippen LogP contribution in [0.2, 0.25) is 0 Å². The number of rotatable bonds is 3. The Labute approximate surface area is 143 Å². The van der Waals surface area contributed by atoms with E-state index < -0.39 is 6.03 Å². The molecule has 0 bridgehead atoms. The molecule has 3 heterocycles. The van der Waals surface area contributed by atoms with Crippen molar-refractivity contribution in [3.8, 4) is 0 Å². The third kappa shape index (κ3) is 2.73. The van der Waals surface area contributed by atoms with Gasteiger partial charge in [-0.1, -0.05) is 0 Å². The Kier molecular flexibility index (Phi) is 3.87. The summed E-state index contributed by atoms with van der Waals surface area (Å²) < 4.78 is 5.55. The summed E-state index contributed by atoms with van der Waals surface area (Å²) in [6, 6.07) is 3.29. The number of aldehydes is 1. The maximum absolute atomic E-state index is 12.1. The van der Waals surface area contributed by atoms with Crippen molar-refractivity contribution in [3.05, 3.63) is 18.5 Å². The van der Waals surface area contributed by atoms with Gasteiger partial charge in [0.05, 0.1) is 11.4 Å². The summed E-state index contributed by atoms with van der Waals surface area (Å²) in [4.78, 5) is 42.4. The van der Waals surface area contributed by atoms with Crippen LogP contribution in [0, 0.1) is 5.92 Å². The van der Waals surface area contributed by atoms with Crippen molar-refractivity contribution in [2.24, 2.45) is 5.92 Å². The summed E-state index contributed by atoms with van der Waals surface area (Å²) in [5.41, 5.74) is 2.75. The molecular weight excluding hydrogens is 324 g/mol. The van der Waals surface area contributed by atoms with Crippen LogP contribution in [0.5, 0.6) is 0 Å². The van der Waals surface area contributed by atoms with Crippen molar-refractivity contribution in [1.82, 2.24) is 10.3 Å². The van der Waals surface area contributed by atoms with E-state index in [-0.39, 0.29) is 18.2 Å². The van der Waals surface area contributed by atoms with Crippen LogP contribution in [0.4, 0.5) is 16.2 Å². The summed E-state index contributed by atoms with van der Waals surface area (Å²) >= 11 is 0. The largest absolute Gasteiger partial charge is 0.441 e. The summed E-state index contributed by atoms with van der Waals surface area (Å²) in [6.07, 6.45) is 4.29. The average Bonchev–Trinajstić information content (AvgIpc) is 3.11. The van der Waals surface area contributed by atoms with E-state index in [2.05, 4.69) is 15.2 Å². The van der Waals surface area contributed by atoms with Crippen molar-refractivity contribution >= 4 is 40.7 Å². The van der Waals surface area contributed by atoms with Crippen LogP contribution in [0.1, 0.15) is 19.3 Å². The molecule has 0 aliphatic carbocycles. The third-order valence-electron chi connectivity index (χ3n) is 4.86. The fraction of sp³-hybridized carbons (Fsp3) is 0.412. The van der Waals surface area contributed by atoms with E-state index in [1.165, 1.54) is 11.3 Å². The normalized spacial score (nSPS) is 19.4. The van der Waals surface area contributed by atoms with Crippen LogP contribution in [0.25, 0.3) is 11.1 Å². The van der Waals surface area contributed by atoms with Gasteiger partial charge in [-0.2, -0.15) is 0 Å². The molecular formula is C17H18N4O4. The molecule has 25 heavy (non-hydrogen) atoms. The Morgan fingerprint density at radius 3 is 2.64 bits per heavy atom. The molecule has 4 rings (SSSR count). The second-order valence-corrected chi connectivity index (χ2v) is 6.35. The number of nitrogens with one attached hydrogen (secondary N) is 1. The minimum absolute atomic E-state index is 0.123. The molecule has 2 saturated heterocycles. The second kappa shape index (κ2) is 6.19. The lowest BCUT2D eigenvalue weighted by Crippen LogP contribution is -2.49. The Hall–Kier alpha value is -2.90. The van der Waals surface area contributed by atoms with Gasteiger partial charge in [0.25, 0.3) is 0 Å². The number of oxazole rings is 1. The second-order valence-electron chi connectivity index (χ2n) is 6.35. The monoisotopic (exact) mass is 342 g/mol. The number of fused-ring (bicyclic) bond motifs is 1. The SMILES string of the molecule is O=CC1CCN(c2ccc(N3CCC(=O)NC3=O)c3ocnc23)CC1. The van der Waals surface area contributed by atoms with Crippen molar-refractivity contribution in [3.63, 3.8) is 0 Å². The topological polar surface area (TPSA) is 95.8 Å². The lowest BCUT2D eigenvalue weighted by atomic mass is 9.98. The van der Waals surface area contributed by atoms with E-state index >= 15 is 0 Å². The number of carbonyl (C=O) groups is 3. The summed E-state index contributed by atoms with van der Waals surface area (Å²) in [6.45, 7) is 1.87. The summed E-state index contributed by atoms with van der Waals surface area (Å²) in [7, 11) is 0. The highest BCUT2D eigenvalue weighted by atomic mass is 16.3. The Balaban J connectivity index is 1.66. The molecule has 1 aromatic heterocycles. The van der Waals surface area contributed by atoms with Gasteiger partial charge in [0, 0.05) is 32.0 Å². The minimum Gasteiger partial charge on any atom is -0.441 e. The van der Waals surface area contributed by atoms with Gasteiger partial charge in [-0.3, -0.25) is 15.0 Å². The van der Waals surface area contributed by atoms with Gasteiger partial charge in [0.2, 0.25) is 5.91 Å². The van der Waals surface area contributed by atoms with Crippen molar-refractivity contribution in [2.75, 3.05) is 29.4 Å². The molecule has 0 radical (unpaired) electrons. The molecule has 0 atom stereocenters. The van der Waals surface area contributed by atoms with E-state index in [9.17, 15) is 14.4 Å². The molecule has 0 spiro atoms. The van der Waals surface area contributed by atoms with Crippen LogP contribution in [-0.4, -0.2) is 42.8 Å². The number of aromatic nitrogens is 1. The van der Waals surface area contributed by atoms with Crippen LogP contribution in [-0.2, 0) is 9.59 Å². The standard InChI is InChI=1S/C17H18N4O4/c22-9-11-3-6-20(7-4-11)12-1-2-13(16-15(12)18-10-25-16)21-8-5-14(23)19-17(21)24/h1-2,9-11H,3-8H2,(H,19,23,24). The first-order valence-electron chi connectivity index (χ1n) is 8.35. The highest BCUT2D eigenvalue weighted by molar-refractivity contribution is 6.09. The number of urea groups is 1. The van der Waals surface area contributed by atoms with E-state index in [1.54, 1.807) is 0 Å². The molecule has 1 N–H and O–H groups in total. The number of piperidine rings is 1. The maximum atomic E-state index is 12.1. The number of benzene rings is 1. The fourth-order valence-corrected chi connectivity index (χ4v) is 3.46. The van der Waals surface area contributed by atoms with Crippen molar-refractivity contribution in [1.29, 1.82) is 0 Å². The quantitative estimate of drug-likeness (QED) is 0.853.